The van der Waals surface area contributed by atoms with Gasteiger partial charge in [-0.25, -0.2) is 4.79 Å². The largest absolute Gasteiger partial charge is 0.462 e. The van der Waals surface area contributed by atoms with E-state index in [-0.39, 0.29) is 42.0 Å². The Balaban J connectivity index is 1.92. The molecule has 6 heteroatoms. The fourth-order valence-corrected chi connectivity index (χ4v) is 5.97. The van der Waals surface area contributed by atoms with E-state index in [1.807, 2.05) is 0 Å². The molecule has 3 aliphatic rings. The van der Waals surface area contributed by atoms with Crippen LogP contribution in [0, 0.1) is 22.7 Å². The highest BCUT2D eigenvalue weighted by atomic mass is 16.5. The van der Waals surface area contributed by atoms with E-state index in [0.717, 1.165) is 43.3 Å². The maximum Gasteiger partial charge on any atom is 0.331 e. The van der Waals surface area contributed by atoms with E-state index in [9.17, 15) is 14.4 Å². The first-order valence-electron chi connectivity index (χ1n) is 10.9. The minimum atomic E-state index is -0.392. The number of fused-ring (bicyclic) bond motifs is 1. The molecule has 0 aromatic heterocycles. The summed E-state index contributed by atoms with van der Waals surface area (Å²) < 4.78 is 16.3. The van der Waals surface area contributed by atoms with Gasteiger partial charge in [-0.1, -0.05) is 26.8 Å². The smallest absolute Gasteiger partial charge is 0.331 e. The third-order valence-corrected chi connectivity index (χ3v) is 7.87. The lowest BCUT2D eigenvalue weighted by Gasteiger charge is -2.60. The van der Waals surface area contributed by atoms with Crippen molar-refractivity contribution < 1.29 is 28.6 Å². The first kappa shape index (κ1) is 22.6. The van der Waals surface area contributed by atoms with Crippen LogP contribution in [0.3, 0.4) is 0 Å². The quantitative estimate of drug-likeness (QED) is 0.367. The van der Waals surface area contributed by atoms with Crippen molar-refractivity contribution in [3.05, 3.63) is 23.3 Å². The molecule has 1 aliphatic heterocycles. The molecule has 0 saturated heterocycles. The number of rotatable bonds is 6. The molecule has 1 heterocycles. The van der Waals surface area contributed by atoms with Gasteiger partial charge in [0.2, 0.25) is 0 Å². The normalized spacial score (nSPS) is 35.6. The van der Waals surface area contributed by atoms with E-state index in [1.165, 1.54) is 13.8 Å². The third kappa shape index (κ3) is 4.19. The van der Waals surface area contributed by atoms with Gasteiger partial charge >= 0.3 is 17.9 Å². The zero-order chi connectivity index (χ0) is 22.1. The summed E-state index contributed by atoms with van der Waals surface area (Å²) >= 11 is 0. The Morgan fingerprint density at radius 3 is 2.57 bits per heavy atom. The van der Waals surface area contributed by atoms with Crippen LogP contribution in [-0.2, 0) is 28.6 Å². The van der Waals surface area contributed by atoms with Crippen molar-refractivity contribution in [3.63, 3.8) is 0 Å². The van der Waals surface area contributed by atoms with Crippen LogP contribution in [0.5, 0.6) is 0 Å². The number of hydrogen-bond donors (Lipinski definition) is 0. The summed E-state index contributed by atoms with van der Waals surface area (Å²) in [7, 11) is 0. The van der Waals surface area contributed by atoms with Crippen molar-refractivity contribution in [1.29, 1.82) is 0 Å². The molecule has 0 spiro atoms. The summed E-state index contributed by atoms with van der Waals surface area (Å²) in [5.74, 6) is -0.231. The van der Waals surface area contributed by atoms with Gasteiger partial charge in [0.05, 0.1) is 0 Å². The molecule has 6 nitrogen and oxygen atoms in total. The van der Waals surface area contributed by atoms with Crippen LogP contribution in [0.15, 0.2) is 23.3 Å². The summed E-state index contributed by atoms with van der Waals surface area (Å²) in [6.07, 6.45) is 7.95. The average molecular weight is 419 g/mol. The van der Waals surface area contributed by atoms with E-state index >= 15 is 0 Å². The third-order valence-electron chi connectivity index (χ3n) is 7.87. The van der Waals surface area contributed by atoms with Gasteiger partial charge in [-0.3, -0.25) is 9.59 Å². The summed E-state index contributed by atoms with van der Waals surface area (Å²) in [5.41, 5.74) is 1.70. The Morgan fingerprint density at radius 1 is 1.23 bits per heavy atom. The van der Waals surface area contributed by atoms with Gasteiger partial charge in [0, 0.05) is 25.3 Å². The Labute approximate surface area is 179 Å². The maximum absolute atomic E-state index is 11.9. The number of esters is 3. The second-order valence-electron chi connectivity index (χ2n) is 9.57. The fraction of sp³-hybridized carbons (Fsp3) is 0.708. The predicted octanol–water partition coefficient (Wildman–Crippen LogP) is 4.13. The molecule has 2 aliphatic carbocycles. The molecule has 0 N–H and O–H groups in total. The maximum atomic E-state index is 11.9. The monoisotopic (exact) mass is 418 g/mol. The highest BCUT2D eigenvalue weighted by Crippen LogP contribution is 2.62. The SMILES string of the molecule is CC(=O)OCC1=CCC[C@H]2[C@](C)(CCC3=CC(=O)OC3)[C@@H](C)C[C@@H](OC(C)=O)[C@@]12C. The van der Waals surface area contributed by atoms with Crippen LogP contribution in [0.1, 0.15) is 66.7 Å². The number of allylic oxidation sites excluding steroid dienone is 1. The average Bonchev–Trinajstić information content (AvgIpc) is 3.08. The van der Waals surface area contributed by atoms with Gasteiger partial charge in [-0.05, 0) is 60.5 Å². The molecule has 3 rings (SSSR count). The summed E-state index contributed by atoms with van der Waals surface area (Å²) in [6.45, 7) is 10.2. The minimum Gasteiger partial charge on any atom is -0.462 e. The molecule has 5 atom stereocenters. The lowest BCUT2D eigenvalue weighted by atomic mass is 9.45. The van der Waals surface area contributed by atoms with Gasteiger partial charge in [-0.2, -0.15) is 0 Å². The molecular formula is C24H34O6. The standard InChI is InChI=1S/C24H34O6/c1-15-11-21(30-17(3)26)24(5)19(14-28-16(2)25)7-6-8-20(24)23(15,4)10-9-18-12-22(27)29-13-18/h7,12,15,20-21H,6,8-11,13-14H2,1-5H3/t15-,20-,21+,23+,24-/m0/s1. The van der Waals surface area contributed by atoms with Crippen LogP contribution in [-0.4, -0.2) is 37.2 Å². The van der Waals surface area contributed by atoms with Crippen molar-refractivity contribution in [2.45, 2.75) is 72.8 Å². The topological polar surface area (TPSA) is 78.9 Å². The predicted molar refractivity (Wildman–Crippen MR) is 111 cm³/mol. The molecule has 0 unspecified atom stereocenters. The molecular weight excluding hydrogens is 384 g/mol. The van der Waals surface area contributed by atoms with Crippen LogP contribution in [0.25, 0.3) is 0 Å². The van der Waals surface area contributed by atoms with E-state index < -0.39 is 5.41 Å². The van der Waals surface area contributed by atoms with Crippen molar-refractivity contribution >= 4 is 17.9 Å². The summed E-state index contributed by atoms with van der Waals surface area (Å²) in [4.78, 5) is 34.9. The Kier molecular flexibility index (Phi) is 6.44. The summed E-state index contributed by atoms with van der Waals surface area (Å²) in [6, 6.07) is 0. The second kappa shape index (κ2) is 8.56. The lowest BCUT2D eigenvalue weighted by molar-refractivity contribution is -0.176. The Morgan fingerprint density at radius 2 is 1.97 bits per heavy atom. The first-order chi connectivity index (χ1) is 14.1. The molecule has 0 aromatic carbocycles. The highest BCUT2D eigenvalue weighted by Gasteiger charge is 2.59. The van der Waals surface area contributed by atoms with Crippen LogP contribution >= 0.6 is 0 Å². The molecule has 0 aromatic rings. The molecule has 0 radical (unpaired) electrons. The van der Waals surface area contributed by atoms with E-state index in [1.54, 1.807) is 6.08 Å². The van der Waals surface area contributed by atoms with Gasteiger partial charge in [-0.15, -0.1) is 0 Å². The Hall–Kier alpha value is -2.11. The van der Waals surface area contributed by atoms with Gasteiger partial charge in [0.25, 0.3) is 0 Å². The number of carbonyl (C=O) groups is 3. The van der Waals surface area contributed by atoms with Crippen LogP contribution in [0.4, 0.5) is 0 Å². The van der Waals surface area contributed by atoms with Crippen LogP contribution in [0.2, 0.25) is 0 Å². The van der Waals surface area contributed by atoms with Crippen LogP contribution < -0.4 is 0 Å². The number of carbonyl (C=O) groups excluding carboxylic acids is 3. The first-order valence-corrected chi connectivity index (χ1v) is 10.9. The van der Waals surface area contributed by atoms with Crippen molar-refractivity contribution in [2.24, 2.45) is 22.7 Å². The zero-order valence-electron chi connectivity index (χ0n) is 18.8. The molecule has 30 heavy (non-hydrogen) atoms. The number of cyclic esters (lactones) is 1. The molecule has 1 saturated carbocycles. The molecule has 1 fully saturated rings. The van der Waals surface area contributed by atoms with Crippen molar-refractivity contribution in [1.82, 2.24) is 0 Å². The Bertz CT molecular complexity index is 781. The van der Waals surface area contributed by atoms with E-state index in [0.29, 0.717) is 12.5 Å². The highest BCUT2D eigenvalue weighted by molar-refractivity contribution is 5.85. The van der Waals surface area contributed by atoms with Crippen molar-refractivity contribution in [3.8, 4) is 0 Å². The van der Waals surface area contributed by atoms with Gasteiger partial charge in [0.1, 0.15) is 19.3 Å². The molecule has 0 bridgehead atoms. The fourth-order valence-electron chi connectivity index (χ4n) is 5.97. The second-order valence-corrected chi connectivity index (χ2v) is 9.57. The lowest BCUT2D eigenvalue weighted by Crippen LogP contribution is -2.58. The number of ether oxygens (including phenoxy) is 3. The van der Waals surface area contributed by atoms with E-state index in [4.69, 9.17) is 14.2 Å². The van der Waals surface area contributed by atoms with Crippen molar-refractivity contribution in [2.75, 3.05) is 13.2 Å². The van der Waals surface area contributed by atoms with Gasteiger partial charge < -0.3 is 14.2 Å². The summed E-state index contributed by atoms with van der Waals surface area (Å²) in [5, 5.41) is 0. The zero-order valence-corrected chi connectivity index (χ0v) is 18.8. The molecule has 166 valence electrons. The molecule has 0 amide bonds. The van der Waals surface area contributed by atoms with Gasteiger partial charge in [0.15, 0.2) is 0 Å². The van der Waals surface area contributed by atoms with E-state index in [2.05, 4.69) is 26.8 Å². The minimum absolute atomic E-state index is 0.00634. The number of hydrogen-bond acceptors (Lipinski definition) is 6.